The molecule has 11 heteroatoms. The number of hydrogen-bond donors (Lipinski definition) is 3. The number of anilines is 3. The van der Waals surface area contributed by atoms with Gasteiger partial charge in [0.15, 0.2) is 0 Å². The molecule has 5 aromatic rings. The van der Waals surface area contributed by atoms with E-state index in [0.717, 1.165) is 45.8 Å². The van der Waals surface area contributed by atoms with Crippen molar-refractivity contribution in [3.63, 3.8) is 0 Å². The predicted octanol–water partition coefficient (Wildman–Crippen LogP) is 8.79. The average Bonchev–Trinajstić information content (AvgIpc) is 3.55. The zero-order valence-electron chi connectivity index (χ0n) is 31.3. The quantitative estimate of drug-likeness (QED) is 0.0623. The second-order valence-corrected chi connectivity index (χ2v) is 15.9. The van der Waals surface area contributed by atoms with Crippen molar-refractivity contribution in [1.29, 1.82) is 0 Å². The van der Waals surface area contributed by atoms with E-state index in [1.54, 1.807) is 62.4 Å². The van der Waals surface area contributed by atoms with E-state index in [0.29, 0.717) is 27.7 Å². The maximum Gasteiger partial charge on any atom is 0.341 e. The van der Waals surface area contributed by atoms with E-state index in [-0.39, 0.29) is 18.2 Å². The molecular formula is C44H44N4O5S2. The lowest BCUT2D eigenvalue weighted by molar-refractivity contribution is -0.115. The molecule has 2 unspecified atom stereocenters. The highest BCUT2D eigenvalue weighted by Gasteiger charge is 2.31. The molecule has 2 atom stereocenters. The molecule has 0 bridgehead atoms. The molecule has 0 fully saturated rings. The first-order valence-corrected chi connectivity index (χ1v) is 19.9. The number of hydrogen-bond acceptors (Lipinski definition) is 8. The summed E-state index contributed by atoms with van der Waals surface area (Å²) in [4.78, 5) is 57.5. The lowest BCUT2D eigenvalue weighted by Gasteiger charge is -2.23. The van der Waals surface area contributed by atoms with Gasteiger partial charge < -0.3 is 25.6 Å². The highest BCUT2D eigenvalue weighted by molar-refractivity contribution is 8.00. The van der Waals surface area contributed by atoms with Gasteiger partial charge in [-0.2, -0.15) is 0 Å². The molecule has 6 rings (SSSR count). The van der Waals surface area contributed by atoms with E-state index < -0.39 is 23.0 Å². The van der Waals surface area contributed by atoms with Crippen molar-refractivity contribution < 1.29 is 23.9 Å². The molecule has 0 spiro atoms. The molecule has 282 valence electrons. The Bertz CT molecular complexity index is 2180. The molecule has 1 heterocycles. The van der Waals surface area contributed by atoms with Gasteiger partial charge in [0, 0.05) is 40.8 Å². The molecule has 3 N–H and O–H groups in total. The molecule has 1 aliphatic carbocycles. The molecule has 9 nitrogen and oxygen atoms in total. The number of carbonyl (C=O) groups is 4. The van der Waals surface area contributed by atoms with Gasteiger partial charge >= 0.3 is 5.97 Å². The van der Waals surface area contributed by atoms with Crippen molar-refractivity contribution in [3.05, 3.63) is 148 Å². The fourth-order valence-electron chi connectivity index (χ4n) is 6.40. The summed E-state index contributed by atoms with van der Waals surface area (Å²) < 4.78 is 5.44. The molecule has 1 aromatic heterocycles. The number of carbonyl (C=O) groups excluding carboxylic acids is 4. The first-order valence-electron chi connectivity index (χ1n) is 18.2. The topological polar surface area (TPSA) is 117 Å². The monoisotopic (exact) mass is 772 g/mol. The van der Waals surface area contributed by atoms with Crippen LogP contribution < -0.4 is 20.9 Å². The third-order valence-electron chi connectivity index (χ3n) is 9.28. The Morgan fingerprint density at radius 3 is 2.31 bits per heavy atom. The summed E-state index contributed by atoms with van der Waals surface area (Å²) in [6.07, 6.45) is 4.07. The van der Waals surface area contributed by atoms with E-state index in [4.69, 9.17) is 4.74 Å². The fourth-order valence-corrected chi connectivity index (χ4v) is 8.64. The van der Waals surface area contributed by atoms with Crippen LogP contribution >= 0.6 is 23.1 Å². The van der Waals surface area contributed by atoms with Crippen LogP contribution in [-0.2, 0) is 27.2 Å². The second kappa shape index (κ2) is 18.1. The van der Waals surface area contributed by atoms with Crippen LogP contribution in [0.2, 0.25) is 0 Å². The van der Waals surface area contributed by atoms with Crippen LogP contribution in [0.5, 0.6) is 0 Å². The van der Waals surface area contributed by atoms with E-state index in [2.05, 4.69) is 28.1 Å². The zero-order valence-corrected chi connectivity index (χ0v) is 32.9. The first kappa shape index (κ1) is 39.1. The average molecular weight is 773 g/mol. The van der Waals surface area contributed by atoms with Crippen LogP contribution in [0.15, 0.2) is 120 Å². The highest BCUT2D eigenvalue weighted by Crippen LogP contribution is 2.43. The van der Waals surface area contributed by atoms with Crippen molar-refractivity contribution in [1.82, 2.24) is 5.32 Å². The van der Waals surface area contributed by atoms with Gasteiger partial charge in [-0.15, -0.1) is 23.1 Å². The minimum absolute atomic E-state index is 0.0726. The Hall–Kier alpha value is -5.65. The summed E-state index contributed by atoms with van der Waals surface area (Å²) in [5, 5.41) is 8.72. The van der Waals surface area contributed by atoms with Gasteiger partial charge in [-0.3, -0.25) is 14.4 Å². The van der Waals surface area contributed by atoms with Crippen molar-refractivity contribution in [2.24, 2.45) is 0 Å². The van der Waals surface area contributed by atoms with Gasteiger partial charge in [0.1, 0.15) is 10.7 Å². The summed E-state index contributed by atoms with van der Waals surface area (Å²) in [6.45, 7) is 3.82. The van der Waals surface area contributed by atoms with Crippen molar-refractivity contribution in [3.8, 4) is 0 Å². The lowest BCUT2D eigenvalue weighted by atomic mass is 9.83. The third-order valence-corrected chi connectivity index (χ3v) is 11.5. The van der Waals surface area contributed by atoms with Gasteiger partial charge in [-0.1, -0.05) is 66.7 Å². The Balaban J connectivity index is 1.16. The Kier molecular flexibility index (Phi) is 12.9. The van der Waals surface area contributed by atoms with Crippen LogP contribution in [0.4, 0.5) is 16.4 Å². The van der Waals surface area contributed by atoms with E-state index >= 15 is 0 Å². The van der Waals surface area contributed by atoms with E-state index in [1.807, 2.05) is 73.6 Å². The van der Waals surface area contributed by atoms with E-state index in [9.17, 15) is 19.2 Å². The highest BCUT2D eigenvalue weighted by atomic mass is 32.2. The second-order valence-electron chi connectivity index (χ2n) is 13.4. The zero-order chi connectivity index (χ0) is 38.9. The number of amides is 3. The van der Waals surface area contributed by atoms with Crippen LogP contribution in [-0.4, -0.2) is 49.6 Å². The van der Waals surface area contributed by atoms with Gasteiger partial charge in [0.25, 0.3) is 11.8 Å². The third kappa shape index (κ3) is 9.92. The van der Waals surface area contributed by atoms with Crippen LogP contribution in [0.25, 0.3) is 6.08 Å². The molecule has 4 aromatic carbocycles. The number of thiophene rings is 1. The molecule has 0 radical (unpaired) electrons. The lowest BCUT2D eigenvalue weighted by Crippen LogP contribution is -2.30. The molecule has 0 saturated carbocycles. The summed E-state index contributed by atoms with van der Waals surface area (Å²) in [5.41, 5.74) is 5.42. The molecule has 3 amide bonds. The van der Waals surface area contributed by atoms with Gasteiger partial charge in [-0.25, -0.2) is 4.79 Å². The fraction of sp³-hybridized carbons (Fsp3) is 0.227. The van der Waals surface area contributed by atoms with Crippen LogP contribution in [0, 0.1) is 0 Å². The smallest absolute Gasteiger partial charge is 0.341 e. The number of nitrogens with one attached hydrogen (secondary N) is 3. The molecule has 55 heavy (non-hydrogen) atoms. The number of thioether (sulfide) groups is 1. The Morgan fingerprint density at radius 1 is 0.909 bits per heavy atom. The molecular weight excluding hydrogens is 729 g/mol. The Labute approximate surface area is 330 Å². The van der Waals surface area contributed by atoms with Crippen LogP contribution in [0.3, 0.4) is 0 Å². The predicted molar refractivity (Wildman–Crippen MR) is 223 cm³/mol. The number of fused-ring (bicyclic) bond motifs is 1. The summed E-state index contributed by atoms with van der Waals surface area (Å²) in [5.74, 6) is -1.25. The minimum Gasteiger partial charge on any atom is -0.462 e. The van der Waals surface area contributed by atoms with E-state index in [1.165, 1.54) is 28.7 Å². The number of rotatable bonds is 13. The number of ether oxygens (including phenoxy) is 1. The number of nitrogens with zero attached hydrogens (tertiary/aromatic N) is 1. The summed E-state index contributed by atoms with van der Waals surface area (Å²) >= 11 is 2.79. The SMILES string of the molecule is CCOC(=O)c1c(NC(=O)C(C)Sc2cccc(NC(=O)/C(=C\c3ccc(N(C)C)cc3)NC(=O)c3ccccc3)c2)sc2c1CCC(c1ccccc1)C2. The number of esters is 1. The van der Waals surface area contributed by atoms with Crippen molar-refractivity contribution in [2.45, 2.75) is 49.2 Å². The van der Waals surface area contributed by atoms with Gasteiger partial charge in [-0.05, 0) is 104 Å². The maximum atomic E-state index is 13.7. The van der Waals surface area contributed by atoms with Crippen LogP contribution in [0.1, 0.15) is 68.5 Å². The maximum absolute atomic E-state index is 13.7. The van der Waals surface area contributed by atoms with Gasteiger partial charge in [0.2, 0.25) is 5.91 Å². The Morgan fingerprint density at radius 2 is 1.62 bits per heavy atom. The summed E-state index contributed by atoms with van der Waals surface area (Å²) in [7, 11) is 3.89. The van der Waals surface area contributed by atoms with Crippen molar-refractivity contribution in [2.75, 3.05) is 36.2 Å². The molecule has 0 aliphatic heterocycles. The molecule has 0 saturated heterocycles. The molecule has 1 aliphatic rings. The standard InChI is InChI=1S/C44H44N4O5S2/c1-5-53-44(52)39-36-24-21-32(30-13-8-6-9-14-30)26-38(36)55-43(39)47-40(49)28(2)54-35-18-12-17-33(27-35)45-42(51)37(46-41(50)31-15-10-7-11-16-31)25-29-19-22-34(23-20-29)48(3)4/h6-20,22-23,25,27-28,32H,5,21,24,26H2,1-4H3,(H,45,51)(H,46,50)(H,47,49)/b37-25+. The van der Waals surface area contributed by atoms with Gasteiger partial charge in [0.05, 0.1) is 17.4 Å². The minimum atomic E-state index is -0.539. The first-order chi connectivity index (χ1) is 26.6. The van der Waals surface area contributed by atoms with Crippen molar-refractivity contribution >= 4 is 69.2 Å². The summed E-state index contributed by atoms with van der Waals surface area (Å²) in [6, 6.07) is 33.9. The number of benzene rings is 4. The largest absolute Gasteiger partial charge is 0.462 e. The normalized spacial score (nSPS) is 14.3.